The molecule has 0 bridgehead atoms. The Bertz CT molecular complexity index is 906. The largest absolute Gasteiger partial charge is 0.422 e. The maximum atomic E-state index is 14.4. The molecule has 0 amide bonds. The summed E-state index contributed by atoms with van der Waals surface area (Å²) in [6.07, 6.45) is 3.29. The number of oxazole rings is 1. The van der Waals surface area contributed by atoms with Crippen molar-refractivity contribution < 1.29 is 13.2 Å². The highest BCUT2D eigenvalue weighted by Gasteiger charge is 2.49. The maximum Gasteiger partial charge on any atom is 0.252 e. The van der Waals surface area contributed by atoms with Crippen molar-refractivity contribution in [2.24, 2.45) is 5.10 Å². The molecular weight excluding hydrogens is 314 g/mol. The second-order valence-electron chi connectivity index (χ2n) is 6.28. The van der Waals surface area contributed by atoms with Crippen molar-refractivity contribution in [3.05, 3.63) is 46.5 Å². The van der Waals surface area contributed by atoms with E-state index in [4.69, 9.17) is 9.68 Å². The molecule has 1 fully saturated rings. The van der Waals surface area contributed by atoms with Gasteiger partial charge in [0.25, 0.3) is 5.88 Å². The molecule has 0 saturated heterocycles. The molecule has 2 aliphatic carbocycles. The van der Waals surface area contributed by atoms with Gasteiger partial charge in [0.15, 0.2) is 5.89 Å². The highest BCUT2D eigenvalue weighted by atomic mass is 19.1. The van der Waals surface area contributed by atoms with Crippen LogP contribution in [0, 0.1) is 29.9 Å². The number of rotatable bonds is 2. The van der Waals surface area contributed by atoms with Crippen LogP contribution >= 0.6 is 0 Å². The summed E-state index contributed by atoms with van der Waals surface area (Å²) >= 11 is 0. The maximum absolute atomic E-state index is 14.4. The predicted octanol–water partition coefficient (Wildman–Crippen LogP) is 3.77. The van der Waals surface area contributed by atoms with Crippen LogP contribution in [0.2, 0.25) is 0 Å². The normalized spacial score (nSPS) is 19.2. The first-order valence-corrected chi connectivity index (χ1v) is 7.72. The summed E-state index contributed by atoms with van der Waals surface area (Å²) < 4.78 is 33.3. The van der Waals surface area contributed by atoms with Crippen molar-refractivity contribution in [1.29, 1.82) is 5.26 Å². The third kappa shape index (κ3) is 2.26. The number of nitriles is 1. The molecule has 1 aromatic carbocycles. The zero-order valence-electron chi connectivity index (χ0n) is 13.0. The lowest BCUT2D eigenvalue weighted by molar-refractivity contribution is 0.532. The molecule has 0 radical (unpaired) electrons. The minimum Gasteiger partial charge on any atom is -0.422 e. The first-order valence-electron chi connectivity index (χ1n) is 7.72. The molecular formula is C17H14F2N4O. The van der Waals surface area contributed by atoms with Gasteiger partial charge in [0.1, 0.15) is 17.7 Å². The molecule has 7 heteroatoms. The van der Waals surface area contributed by atoms with E-state index in [1.165, 1.54) is 6.07 Å². The van der Waals surface area contributed by atoms with E-state index in [2.05, 4.69) is 15.5 Å². The Labute approximate surface area is 137 Å². The molecule has 2 aliphatic rings. The van der Waals surface area contributed by atoms with Gasteiger partial charge >= 0.3 is 0 Å². The van der Waals surface area contributed by atoms with Crippen LogP contribution in [0.15, 0.2) is 21.7 Å². The van der Waals surface area contributed by atoms with Crippen LogP contribution in [-0.4, -0.2) is 10.7 Å². The minimum absolute atomic E-state index is 0.0890. The number of hydrogen-bond acceptors (Lipinski definition) is 5. The van der Waals surface area contributed by atoms with Crippen molar-refractivity contribution >= 4 is 11.6 Å². The van der Waals surface area contributed by atoms with Gasteiger partial charge in [0.2, 0.25) is 5.69 Å². The second kappa shape index (κ2) is 5.13. The Morgan fingerprint density at radius 2 is 2.12 bits per heavy atom. The molecule has 0 aliphatic heterocycles. The average Bonchev–Trinajstić information content (AvgIpc) is 3.23. The summed E-state index contributed by atoms with van der Waals surface area (Å²) in [6.45, 7) is 1.62. The number of hydrogen-bond donors (Lipinski definition) is 1. The standard InChI is InChI=1S/C17H14F2N4O/c1-9-21-14(8-20)16(24-9)23-22-13-2-3-17(4-5-17)11-6-10(18)7-12(19)15(11)13/h6-7,23H,2-5H2,1H3/b22-13-. The topological polar surface area (TPSA) is 74.2 Å². The fourth-order valence-corrected chi connectivity index (χ4v) is 3.38. The van der Waals surface area contributed by atoms with Crippen LogP contribution in [0.25, 0.3) is 0 Å². The smallest absolute Gasteiger partial charge is 0.252 e. The quantitative estimate of drug-likeness (QED) is 0.852. The molecule has 1 spiro atoms. The number of aromatic nitrogens is 1. The SMILES string of the molecule is Cc1nc(C#N)c(N/N=C2/CCC3(CC3)c3cc(F)cc(F)c32)o1. The Balaban J connectivity index is 1.74. The molecule has 1 aromatic heterocycles. The lowest BCUT2D eigenvalue weighted by atomic mass is 9.79. The third-order valence-corrected chi connectivity index (χ3v) is 4.74. The zero-order chi connectivity index (χ0) is 16.9. The zero-order valence-corrected chi connectivity index (χ0v) is 13.0. The first-order chi connectivity index (χ1) is 11.5. The van der Waals surface area contributed by atoms with Gasteiger partial charge in [0.05, 0.1) is 5.71 Å². The van der Waals surface area contributed by atoms with Gasteiger partial charge < -0.3 is 4.42 Å². The van der Waals surface area contributed by atoms with E-state index < -0.39 is 11.6 Å². The van der Waals surface area contributed by atoms with E-state index in [0.29, 0.717) is 29.2 Å². The highest BCUT2D eigenvalue weighted by molar-refractivity contribution is 6.04. The molecule has 24 heavy (non-hydrogen) atoms. The number of nitrogens with zero attached hydrogens (tertiary/aromatic N) is 3. The van der Waals surface area contributed by atoms with Crippen LogP contribution in [-0.2, 0) is 5.41 Å². The van der Waals surface area contributed by atoms with Crippen molar-refractivity contribution in [3.8, 4) is 6.07 Å². The van der Waals surface area contributed by atoms with Crippen molar-refractivity contribution in [2.45, 2.75) is 38.0 Å². The van der Waals surface area contributed by atoms with Gasteiger partial charge in [-0.15, -0.1) is 0 Å². The van der Waals surface area contributed by atoms with Crippen LogP contribution in [0.5, 0.6) is 0 Å². The molecule has 4 rings (SSSR count). The lowest BCUT2D eigenvalue weighted by Gasteiger charge is -2.26. The van der Waals surface area contributed by atoms with Crippen molar-refractivity contribution in [1.82, 2.24) is 4.98 Å². The number of halogens is 2. The van der Waals surface area contributed by atoms with Gasteiger partial charge in [-0.05, 0) is 42.7 Å². The Hall–Kier alpha value is -2.75. The van der Waals surface area contributed by atoms with Gasteiger partial charge in [-0.1, -0.05) is 0 Å². The Morgan fingerprint density at radius 3 is 2.83 bits per heavy atom. The second-order valence-corrected chi connectivity index (χ2v) is 6.28. The number of benzene rings is 1. The van der Waals surface area contributed by atoms with Crippen molar-refractivity contribution in [3.63, 3.8) is 0 Å². The van der Waals surface area contributed by atoms with E-state index in [9.17, 15) is 8.78 Å². The third-order valence-electron chi connectivity index (χ3n) is 4.74. The van der Waals surface area contributed by atoms with Gasteiger partial charge in [-0.3, -0.25) is 0 Å². The molecule has 0 unspecified atom stereocenters. The van der Waals surface area contributed by atoms with E-state index in [1.54, 1.807) is 6.92 Å². The van der Waals surface area contributed by atoms with Crippen LogP contribution < -0.4 is 5.43 Å². The van der Waals surface area contributed by atoms with Crippen molar-refractivity contribution in [2.75, 3.05) is 5.43 Å². The molecule has 5 nitrogen and oxygen atoms in total. The monoisotopic (exact) mass is 328 g/mol. The fraction of sp³-hybridized carbons (Fsp3) is 0.353. The van der Waals surface area contributed by atoms with Gasteiger partial charge in [-0.25, -0.2) is 19.2 Å². The molecule has 0 atom stereocenters. The molecule has 122 valence electrons. The van der Waals surface area contributed by atoms with E-state index >= 15 is 0 Å². The summed E-state index contributed by atoms with van der Waals surface area (Å²) in [5.74, 6) is -0.711. The fourth-order valence-electron chi connectivity index (χ4n) is 3.38. The van der Waals surface area contributed by atoms with E-state index in [0.717, 1.165) is 25.3 Å². The molecule has 2 aromatic rings. The van der Waals surface area contributed by atoms with Crippen LogP contribution in [0.3, 0.4) is 0 Å². The van der Waals surface area contributed by atoms with Gasteiger partial charge in [-0.2, -0.15) is 10.4 Å². The van der Waals surface area contributed by atoms with E-state index in [-0.39, 0.29) is 17.0 Å². The molecule has 1 N–H and O–H groups in total. The Morgan fingerprint density at radius 1 is 1.33 bits per heavy atom. The average molecular weight is 328 g/mol. The summed E-state index contributed by atoms with van der Waals surface area (Å²) in [5, 5.41) is 13.2. The summed E-state index contributed by atoms with van der Waals surface area (Å²) in [4.78, 5) is 3.92. The van der Waals surface area contributed by atoms with E-state index in [1.807, 2.05) is 6.07 Å². The number of aryl methyl sites for hydroxylation is 1. The molecule has 1 saturated carbocycles. The summed E-state index contributed by atoms with van der Waals surface area (Å²) in [6, 6.07) is 4.20. The summed E-state index contributed by atoms with van der Waals surface area (Å²) in [5.41, 5.74) is 4.21. The number of nitrogens with one attached hydrogen (secondary N) is 1. The van der Waals surface area contributed by atoms with Gasteiger partial charge in [0, 0.05) is 18.6 Å². The minimum atomic E-state index is -0.606. The number of anilines is 1. The Kier molecular flexibility index (Phi) is 3.17. The predicted molar refractivity (Wildman–Crippen MR) is 82.6 cm³/mol. The number of hydrazone groups is 1. The lowest BCUT2D eigenvalue weighted by Crippen LogP contribution is -2.24. The summed E-state index contributed by atoms with van der Waals surface area (Å²) in [7, 11) is 0. The highest BCUT2D eigenvalue weighted by Crippen LogP contribution is 2.55. The number of fused-ring (bicyclic) bond motifs is 2. The van der Waals surface area contributed by atoms with Crippen LogP contribution in [0.1, 0.15) is 48.4 Å². The first kappa shape index (κ1) is 14.8. The van der Waals surface area contributed by atoms with Crippen LogP contribution in [0.4, 0.5) is 14.7 Å². The molecule has 1 heterocycles.